The summed E-state index contributed by atoms with van der Waals surface area (Å²) in [6.07, 6.45) is 3.89. The predicted octanol–water partition coefficient (Wildman–Crippen LogP) is 2.62. The maximum absolute atomic E-state index is 9.13. The van der Waals surface area contributed by atoms with Crippen LogP contribution in [0.4, 0.5) is 0 Å². The van der Waals surface area contributed by atoms with Gasteiger partial charge in [0.15, 0.2) is 0 Å². The van der Waals surface area contributed by atoms with Gasteiger partial charge in [-0.25, -0.2) is 0 Å². The molecule has 0 spiro atoms. The van der Waals surface area contributed by atoms with Gasteiger partial charge in [0.1, 0.15) is 5.75 Å². The van der Waals surface area contributed by atoms with Crippen LogP contribution < -0.4 is 0 Å². The number of aromatic nitrogens is 1. The van der Waals surface area contributed by atoms with Gasteiger partial charge in [-0.3, -0.25) is 4.98 Å². The molecule has 2 rings (SSSR count). The van der Waals surface area contributed by atoms with Crippen LogP contribution >= 0.6 is 0 Å². The Kier molecular flexibility index (Phi) is 5.26. The van der Waals surface area contributed by atoms with Crippen LogP contribution in [0.25, 0.3) is 0 Å². The summed E-state index contributed by atoms with van der Waals surface area (Å²) in [5.41, 5.74) is 1.12. The van der Waals surface area contributed by atoms with Crippen LogP contribution in [0.5, 0.6) is 5.75 Å². The Hall–Kier alpha value is -1.09. The van der Waals surface area contributed by atoms with Crippen molar-refractivity contribution in [1.29, 1.82) is 0 Å². The van der Waals surface area contributed by atoms with Gasteiger partial charge in [0, 0.05) is 11.6 Å². The highest BCUT2D eigenvalue weighted by Gasteiger charge is 2.18. The van der Waals surface area contributed by atoms with Crippen LogP contribution in [0.15, 0.2) is 18.3 Å². The van der Waals surface area contributed by atoms with E-state index < -0.39 is 0 Å². The van der Waals surface area contributed by atoms with E-state index >= 15 is 0 Å². The van der Waals surface area contributed by atoms with Gasteiger partial charge in [-0.2, -0.15) is 0 Å². The lowest BCUT2D eigenvalue weighted by atomic mass is 9.93. The molecule has 1 fully saturated rings. The molecule has 1 saturated heterocycles. The van der Waals surface area contributed by atoms with Crippen molar-refractivity contribution in [2.45, 2.75) is 32.6 Å². The van der Waals surface area contributed by atoms with Crippen LogP contribution in [0.3, 0.4) is 0 Å². The molecule has 0 aliphatic carbocycles. The Morgan fingerprint density at radius 1 is 1.25 bits per heavy atom. The number of hydrogen-bond acceptors (Lipinski definition) is 3. The second-order valence-corrected chi connectivity index (χ2v) is 4.02. The van der Waals surface area contributed by atoms with Gasteiger partial charge in [0.05, 0.1) is 6.20 Å². The number of pyridine rings is 1. The van der Waals surface area contributed by atoms with E-state index in [1.807, 2.05) is 19.9 Å². The normalized spacial score (nSPS) is 17.7. The lowest BCUT2D eigenvalue weighted by Gasteiger charge is -2.28. The van der Waals surface area contributed by atoms with Crippen LogP contribution in [0, 0.1) is 0 Å². The average Bonchev–Trinajstić information content (AvgIpc) is 2.34. The zero-order valence-corrected chi connectivity index (χ0v) is 10.5. The van der Waals surface area contributed by atoms with E-state index in [9.17, 15) is 0 Å². The fourth-order valence-electron chi connectivity index (χ4n) is 1.94. The van der Waals surface area contributed by atoms with Crippen molar-refractivity contribution in [1.82, 2.24) is 9.88 Å². The molecule has 16 heavy (non-hydrogen) atoms. The maximum Gasteiger partial charge on any atom is 0.133 e. The molecule has 90 valence electrons. The minimum atomic E-state index is 0.252. The fraction of sp³-hybridized carbons (Fsp3) is 0.615. The third kappa shape index (κ3) is 3.49. The summed E-state index contributed by atoms with van der Waals surface area (Å²) in [6, 6.07) is 3.66. The highest BCUT2D eigenvalue weighted by Crippen LogP contribution is 2.26. The van der Waals surface area contributed by atoms with Crippen molar-refractivity contribution < 1.29 is 5.11 Å². The van der Waals surface area contributed by atoms with Crippen molar-refractivity contribution in [2.75, 3.05) is 20.1 Å². The predicted molar refractivity (Wildman–Crippen MR) is 66.7 cm³/mol. The summed E-state index contributed by atoms with van der Waals surface area (Å²) in [5, 5.41) is 9.13. The average molecular weight is 222 g/mol. The van der Waals surface area contributed by atoms with E-state index in [1.165, 1.54) is 19.0 Å². The molecule has 0 amide bonds. The molecule has 1 aromatic heterocycles. The van der Waals surface area contributed by atoms with Crippen molar-refractivity contribution in [3.05, 3.63) is 24.0 Å². The van der Waals surface area contributed by atoms with Crippen LogP contribution in [0.2, 0.25) is 0 Å². The monoisotopic (exact) mass is 222 g/mol. The first-order valence-electron chi connectivity index (χ1n) is 6.09. The molecular weight excluding hydrogens is 200 g/mol. The molecule has 2 heterocycles. The summed E-state index contributed by atoms with van der Waals surface area (Å²) in [6.45, 7) is 6.29. The SMILES string of the molecule is CC.CN1CCC(c2ccc(O)cn2)CC1. The lowest BCUT2D eigenvalue weighted by Crippen LogP contribution is -2.29. The highest BCUT2D eigenvalue weighted by atomic mass is 16.3. The summed E-state index contributed by atoms with van der Waals surface area (Å²) in [5.74, 6) is 0.827. The summed E-state index contributed by atoms with van der Waals surface area (Å²) >= 11 is 0. The Balaban J connectivity index is 0.000000606. The number of hydrogen-bond donors (Lipinski definition) is 1. The first kappa shape index (κ1) is 13.0. The Morgan fingerprint density at radius 2 is 1.88 bits per heavy atom. The standard InChI is InChI=1S/C11H16N2O.C2H6/c1-13-6-4-9(5-7-13)11-3-2-10(14)8-12-11;1-2/h2-3,8-9,14H,4-7H2,1H3;1-2H3. The first-order chi connectivity index (χ1) is 7.75. The maximum atomic E-state index is 9.13. The number of piperidine rings is 1. The second kappa shape index (κ2) is 6.48. The van der Waals surface area contributed by atoms with E-state index in [4.69, 9.17) is 5.11 Å². The fourth-order valence-corrected chi connectivity index (χ4v) is 1.94. The molecule has 0 aromatic carbocycles. The van der Waals surface area contributed by atoms with Crippen LogP contribution in [0.1, 0.15) is 38.3 Å². The first-order valence-corrected chi connectivity index (χ1v) is 6.09. The van der Waals surface area contributed by atoms with Crippen LogP contribution in [-0.4, -0.2) is 35.1 Å². The van der Waals surface area contributed by atoms with E-state index in [0.29, 0.717) is 5.92 Å². The molecule has 1 aromatic rings. The molecule has 1 N–H and O–H groups in total. The number of nitrogens with zero attached hydrogens (tertiary/aromatic N) is 2. The smallest absolute Gasteiger partial charge is 0.133 e. The quantitative estimate of drug-likeness (QED) is 0.793. The van der Waals surface area contributed by atoms with Gasteiger partial charge in [0.2, 0.25) is 0 Å². The van der Waals surface area contributed by atoms with Gasteiger partial charge in [0.25, 0.3) is 0 Å². The Labute approximate surface area is 98.1 Å². The Morgan fingerprint density at radius 3 is 2.38 bits per heavy atom. The van der Waals surface area contributed by atoms with E-state index in [1.54, 1.807) is 6.07 Å². The molecule has 0 unspecified atom stereocenters. The van der Waals surface area contributed by atoms with Crippen molar-refractivity contribution in [3.8, 4) is 5.75 Å². The number of rotatable bonds is 1. The summed E-state index contributed by atoms with van der Waals surface area (Å²) < 4.78 is 0. The van der Waals surface area contributed by atoms with Gasteiger partial charge in [-0.1, -0.05) is 13.8 Å². The molecule has 3 nitrogen and oxygen atoms in total. The lowest BCUT2D eigenvalue weighted by molar-refractivity contribution is 0.253. The molecule has 0 atom stereocenters. The zero-order valence-electron chi connectivity index (χ0n) is 10.5. The van der Waals surface area contributed by atoms with Crippen molar-refractivity contribution in [3.63, 3.8) is 0 Å². The van der Waals surface area contributed by atoms with E-state index in [2.05, 4.69) is 16.9 Å². The van der Waals surface area contributed by atoms with Gasteiger partial charge in [-0.05, 0) is 45.1 Å². The highest BCUT2D eigenvalue weighted by molar-refractivity contribution is 5.20. The molecule has 0 saturated carbocycles. The third-order valence-electron chi connectivity index (χ3n) is 2.91. The van der Waals surface area contributed by atoms with Crippen molar-refractivity contribution >= 4 is 0 Å². The minimum Gasteiger partial charge on any atom is -0.506 e. The third-order valence-corrected chi connectivity index (χ3v) is 2.91. The molecule has 1 aliphatic rings. The topological polar surface area (TPSA) is 36.4 Å². The van der Waals surface area contributed by atoms with E-state index in [-0.39, 0.29) is 5.75 Å². The molecule has 0 bridgehead atoms. The number of likely N-dealkylation sites (tertiary alicyclic amines) is 1. The summed E-state index contributed by atoms with van der Waals surface area (Å²) in [7, 11) is 2.15. The molecule has 3 heteroatoms. The van der Waals surface area contributed by atoms with Crippen molar-refractivity contribution in [2.24, 2.45) is 0 Å². The molecule has 1 aliphatic heterocycles. The molecular formula is C13H22N2O. The summed E-state index contributed by atoms with van der Waals surface area (Å²) in [4.78, 5) is 6.60. The van der Waals surface area contributed by atoms with Gasteiger partial charge < -0.3 is 10.0 Å². The van der Waals surface area contributed by atoms with Gasteiger partial charge in [-0.15, -0.1) is 0 Å². The van der Waals surface area contributed by atoms with Crippen LogP contribution in [-0.2, 0) is 0 Å². The van der Waals surface area contributed by atoms with Gasteiger partial charge >= 0.3 is 0 Å². The second-order valence-electron chi connectivity index (χ2n) is 4.02. The molecule has 0 radical (unpaired) electrons. The number of aromatic hydroxyl groups is 1. The van der Waals surface area contributed by atoms with E-state index in [0.717, 1.165) is 18.8 Å². The Bertz CT molecular complexity index is 289. The largest absolute Gasteiger partial charge is 0.506 e. The minimum absolute atomic E-state index is 0.252. The zero-order chi connectivity index (χ0) is 12.0.